The van der Waals surface area contributed by atoms with Crippen LogP contribution >= 0.6 is 0 Å². The molecule has 0 aliphatic heterocycles. The van der Waals surface area contributed by atoms with Crippen molar-refractivity contribution in [2.45, 2.75) is 45.6 Å². The molecule has 1 saturated carbocycles. The third kappa shape index (κ3) is 3.69. The van der Waals surface area contributed by atoms with Crippen molar-refractivity contribution in [1.29, 1.82) is 0 Å². The maximum atomic E-state index is 12.6. The second-order valence-electron chi connectivity index (χ2n) is 5.31. The van der Waals surface area contributed by atoms with Crippen LogP contribution in [0.25, 0.3) is 0 Å². The third-order valence-corrected chi connectivity index (χ3v) is 4.22. The normalized spacial score (nSPS) is 25.1. The fourth-order valence-electron chi connectivity index (χ4n) is 2.81. The zero-order chi connectivity index (χ0) is 13.5. The molecule has 106 valence electrons. The number of hydrogen-bond donors (Lipinski definition) is 1. The van der Waals surface area contributed by atoms with Crippen molar-refractivity contribution in [2.24, 2.45) is 17.6 Å². The number of rotatable bonds is 7. The molecule has 0 heterocycles. The van der Waals surface area contributed by atoms with E-state index >= 15 is 0 Å². The van der Waals surface area contributed by atoms with Crippen LogP contribution < -0.4 is 5.73 Å². The SMILES string of the molecule is CCC(C)N(CCOC)C(=O)C1CCCC1CN. The fraction of sp³-hybridized carbons (Fsp3) is 0.929. The topological polar surface area (TPSA) is 55.6 Å². The summed E-state index contributed by atoms with van der Waals surface area (Å²) in [5, 5.41) is 0. The summed E-state index contributed by atoms with van der Waals surface area (Å²) in [5.41, 5.74) is 5.78. The number of hydrogen-bond acceptors (Lipinski definition) is 3. The number of carbonyl (C=O) groups is 1. The summed E-state index contributed by atoms with van der Waals surface area (Å²) >= 11 is 0. The van der Waals surface area contributed by atoms with Crippen LogP contribution in [0, 0.1) is 11.8 Å². The Hall–Kier alpha value is -0.610. The number of ether oxygens (including phenoxy) is 1. The van der Waals surface area contributed by atoms with E-state index in [1.165, 1.54) is 0 Å². The molecule has 0 aromatic carbocycles. The van der Waals surface area contributed by atoms with Crippen LogP contribution in [0.1, 0.15) is 39.5 Å². The number of amides is 1. The van der Waals surface area contributed by atoms with E-state index in [-0.39, 0.29) is 17.9 Å². The Labute approximate surface area is 111 Å². The molecule has 3 unspecified atom stereocenters. The predicted molar refractivity (Wildman–Crippen MR) is 73.2 cm³/mol. The van der Waals surface area contributed by atoms with Gasteiger partial charge in [-0.15, -0.1) is 0 Å². The summed E-state index contributed by atoms with van der Waals surface area (Å²) in [5.74, 6) is 0.807. The van der Waals surface area contributed by atoms with Crippen LogP contribution in [0.5, 0.6) is 0 Å². The molecule has 0 radical (unpaired) electrons. The summed E-state index contributed by atoms with van der Waals surface area (Å²) in [6.07, 6.45) is 4.22. The molecule has 1 fully saturated rings. The lowest BCUT2D eigenvalue weighted by Crippen LogP contribution is -2.45. The highest BCUT2D eigenvalue weighted by atomic mass is 16.5. The molecule has 2 N–H and O–H groups in total. The van der Waals surface area contributed by atoms with Gasteiger partial charge in [0.2, 0.25) is 5.91 Å². The quantitative estimate of drug-likeness (QED) is 0.753. The third-order valence-electron chi connectivity index (χ3n) is 4.22. The van der Waals surface area contributed by atoms with Gasteiger partial charge in [0.15, 0.2) is 0 Å². The van der Waals surface area contributed by atoms with E-state index in [1.54, 1.807) is 7.11 Å². The zero-order valence-corrected chi connectivity index (χ0v) is 12.0. The van der Waals surface area contributed by atoms with Crippen LogP contribution in [-0.2, 0) is 9.53 Å². The maximum absolute atomic E-state index is 12.6. The molecule has 1 amide bonds. The maximum Gasteiger partial charge on any atom is 0.226 e. The Morgan fingerprint density at radius 2 is 2.22 bits per heavy atom. The minimum Gasteiger partial charge on any atom is -0.383 e. The average molecular weight is 256 g/mol. The van der Waals surface area contributed by atoms with Gasteiger partial charge in [0.1, 0.15) is 0 Å². The van der Waals surface area contributed by atoms with Gasteiger partial charge in [-0.25, -0.2) is 0 Å². The van der Waals surface area contributed by atoms with Crippen LogP contribution in [0.2, 0.25) is 0 Å². The van der Waals surface area contributed by atoms with E-state index in [9.17, 15) is 4.79 Å². The number of carbonyl (C=O) groups excluding carboxylic acids is 1. The van der Waals surface area contributed by atoms with Gasteiger partial charge in [-0.3, -0.25) is 4.79 Å². The molecule has 1 aliphatic rings. The Balaban J connectivity index is 2.68. The van der Waals surface area contributed by atoms with Crippen molar-refractivity contribution in [2.75, 3.05) is 26.8 Å². The molecule has 4 heteroatoms. The van der Waals surface area contributed by atoms with Crippen LogP contribution in [0.3, 0.4) is 0 Å². The van der Waals surface area contributed by atoms with Crippen molar-refractivity contribution in [3.05, 3.63) is 0 Å². The fourth-order valence-corrected chi connectivity index (χ4v) is 2.81. The summed E-state index contributed by atoms with van der Waals surface area (Å²) < 4.78 is 5.11. The first-order chi connectivity index (χ1) is 8.65. The Bertz CT molecular complexity index is 258. The first-order valence-electron chi connectivity index (χ1n) is 7.15. The van der Waals surface area contributed by atoms with Gasteiger partial charge in [0.25, 0.3) is 0 Å². The van der Waals surface area contributed by atoms with E-state index in [0.717, 1.165) is 25.7 Å². The average Bonchev–Trinajstić information content (AvgIpc) is 2.86. The Morgan fingerprint density at radius 3 is 2.78 bits per heavy atom. The molecule has 18 heavy (non-hydrogen) atoms. The van der Waals surface area contributed by atoms with E-state index in [4.69, 9.17) is 10.5 Å². The highest BCUT2D eigenvalue weighted by molar-refractivity contribution is 5.79. The molecule has 0 aromatic heterocycles. The van der Waals surface area contributed by atoms with Gasteiger partial charge in [0, 0.05) is 25.6 Å². The summed E-state index contributed by atoms with van der Waals surface area (Å²) in [7, 11) is 1.68. The van der Waals surface area contributed by atoms with Crippen molar-refractivity contribution >= 4 is 5.91 Å². The summed E-state index contributed by atoms with van der Waals surface area (Å²) in [6, 6.07) is 0.284. The van der Waals surface area contributed by atoms with Crippen LogP contribution in [0.15, 0.2) is 0 Å². The number of nitrogens with zero attached hydrogens (tertiary/aromatic N) is 1. The van der Waals surface area contributed by atoms with E-state index in [2.05, 4.69) is 13.8 Å². The van der Waals surface area contributed by atoms with Crippen LogP contribution in [0.4, 0.5) is 0 Å². The molecule has 3 atom stereocenters. The van der Waals surface area contributed by atoms with Gasteiger partial charge in [0.05, 0.1) is 6.61 Å². The Morgan fingerprint density at radius 1 is 1.50 bits per heavy atom. The highest BCUT2D eigenvalue weighted by Gasteiger charge is 2.35. The lowest BCUT2D eigenvalue weighted by Gasteiger charge is -2.32. The van der Waals surface area contributed by atoms with Gasteiger partial charge in [-0.05, 0) is 38.6 Å². The lowest BCUT2D eigenvalue weighted by atomic mass is 9.94. The van der Waals surface area contributed by atoms with Gasteiger partial charge < -0.3 is 15.4 Å². The molecule has 0 bridgehead atoms. The Kier molecular flexibility index (Phi) is 6.65. The number of nitrogens with two attached hydrogens (primary N) is 1. The molecular formula is C14H28N2O2. The lowest BCUT2D eigenvalue weighted by molar-refractivity contribution is -0.139. The molecule has 0 aromatic rings. The smallest absolute Gasteiger partial charge is 0.226 e. The zero-order valence-electron chi connectivity index (χ0n) is 12.0. The summed E-state index contributed by atoms with van der Waals surface area (Å²) in [6.45, 7) is 6.16. The van der Waals surface area contributed by atoms with Gasteiger partial charge >= 0.3 is 0 Å². The first-order valence-corrected chi connectivity index (χ1v) is 7.15. The molecule has 0 spiro atoms. The summed E-state index contributed by atoms with van der Waals surface area (Å²) in [4.78, 5) is 14.6. The first kappa shape index (κ1) is 15.4. The second kappa shape index (κ2) is 7.74. The highest BCUT2D eigenvalue weighted by Crippen LogP contribution is 2.32. The standard InChI is InChI=1S/C14H28N2O2/c1-4-11(2)16(8-9-18-3)14(17)13-7-5-6-12(13)10-15/h11-13H,4-10,15H2,1-3H3. The molecule has 0 saturated heterocycles. The van der Waals surface area contributed by atoms with E-state index in [0.29, 0.717) is 25.6 Å². The van der Waals surface area contributed by atoms with Crippen molar-refractivity contribution in [3.8, 4) is 0 Å². The minimum atomic E-state index is 0.140. The van der Waals surface area contributed by atoms with Gasteiger partial charge in [-0.1, -0.05) is 13.3 Å². The number of methoxy groups -OCH3 is 1. The molecule has 1 rings (SSSR count). The van der Waals surface area contributed by atoms with Crippen molar-refractivity contribution in [1.82, 2.24) is 4.90 Å². The van der Waals surface area contributed by atoms with Crippen LogP contribution in [-0.4, -0.2) is 43.7 Å². The van der Waals surface area contributed by atoms with Gasteiger partial charge in [-0.2, -0.15) is 0 Å². The van der Waals surface area contributed by atoms with E-state index < -0.39 is 0 Å². The van der Waals surface area contributed by atoms with E-state index in [1.807, 2.05) is 4.90 Å². The molecule has 4 nitrogen and oxygen atoms in total. The predicted octanol–water partition coefficient (Wildman–Crippen LogP) is 1.63. The monoisotopic (exact) mass is 256 g/mol. The molecular weight excluding hydrogens is 228 g/mol. The minimum absolute atomic E-state index is 0.140. The van der Waals surface area contributed by atoms with Crippen molar-refractivity contribution < 1.29 is 9.53 Å². The largest absolute Gasteiger partial charge is 0.383 e. The second-order valence-corrected chi connectivity index (χ2v) is 5.31. The van der Waals surface area contributed by atoms with Crippen molar-refractivity contribution in [3.63, 3.8) is 0 Å². The molecule has 1 aliphatic carbocycles.